The highest BCUT2D eigenvalue weighted by molar-refractivity contribution is 7.99. The average Bonchev–Trinajstić information content (AvgIpc) is 2.83. The average molecular weight is 531 g/mol. The van der Waals surface area contributed by atoms with E-state index in [1.807, 2.05) is 13.0 Å². The van der Waals surface area contributed by atoms with Crippen molar-refractivity contribution in [1.82, 2.24) is 15.2 Å². The van der Waals surface area contributed by atoms with E-state index in [1.54, 1.807) is 6.07 Å². The van der Waals surface area contributed by atoms with E-state index >= 15 is 0 Å². The van der Waals surface area contributed by atoms with Crippen LogP contribution in [-0.4, -0.2) is 67.0 Å². The Hall–Kier alpha value is -2.11. The van der Waals surface area contributed by atoms with Crippen LogP contribution in [0, 0.1) is 12.7 Å². The Bertz CT molecular complexity index is 1080. The predicted molar refractivity (Wildman–Crippen MR) is 130 cm³/mol. The first kappa shape index (κ1) is 26.5. The second kappa shape index (κ2) is 12.0. The number of methoxy groups -OCH3 is 1. The molecule has 0 aliphatic carbocycles. The predicted octanol–water partition coefficient (Wildman–Crippen LogP) is 3.31. The molecule has 1 amide bonds. The maximum Gasteiger partial charge on any atom is 0.341 e. The van der Waals surface area contributed by atoms with Crippen LogP contribution in [-0.2, 0) is 20.8 Å². The minimum absolute atomic E-state index is 0.0696. The van der Waals surface area contributed by atoms with Gasteiger partial charge in [-0.05, 0) is 30.2 Å². The number of pyridine rings is 1. The summed E-state index contributed by atoms with van der Waals surface area (Å²) in [4.78, 5) is 29.9. The van der Waals surface area contributed by atoms with E-state index in [4.69, 9.17) is 33.7 Å². The molecule has 184 valence electrons. The molecule has 1 fully saturated rings. The minimum Gasteiger partial charge on any atom is -0.465 e. The Morgan fingerprint density at radius 2 is 2.18 bits per heavy atom. The third kappa shape index (κ3) is 6.73. The van der Waals surface area contributed by atoms with Crippen molar-refractivity contribution in [1.29, 1.82) is 0 Å². The van der Waals surface area contributed by atoms with Crippen LogP contribution < -0.4 is 11.1 Å². The van der Waals surface area contributed by atoms with Gasteiger partial charge in [-0.2, -0.15) is 0 Å². The lowest BCUT2D eigenvalue weighted by atomic mass is 10.1. The van der Waals surface area contributed by atoms with Crippen LogP contribution in [0.3, 0.4) is 0 Å². The lowest BCUT2D eigenvalue weighted by Gasteiger charge is -2.33. The van der Waals surface area contributed by atoms with E-state index < -0.39 is 11.8 Å². The van der Waals surface area contributed by atoms with Crippen LogP contribution >= 0.6 is 35.0 Å². The van der Waals surface area contributed by atoms with Gasteiger partial charge in [-0.3, -0.25) is 9.69 Å². The summed E-state index contributed by atoms with van der Waals surface area (Å²) in [6.45, 7) is 4.88. The van der Waals surface area contributed by atoms with Crippen molar-refractivity contribution in [3.05, 3.63) is 50.8 Å². The summed E-state index contributed by atoms with van der Waals surface area (Å²) < 4.78 is 24.5. The van der Waals surface area contributed by atoms with Crippen LogP contribution in [0.5, 0.6) is 0 Å². The van der Waals surface area contributed by atoms with E-state index in [-0.39, 0.29) is 34.2 Å². The van der Waals surface area contributed by atoms with E-state index in [9.17, 15) is 14.0 Å². The summed E-state index contributed by atoms with van der Waals surface area (Å²) in [5.41, 5.74) is 7.57. The van der Waals surface area contributed by atoms with Gasteiger partial charge in [0.1, 0.15) is 16.4 Å². The minimum atomic E-state index is -0.783. The zero-order chi connectivity index (χ0) is 24.8. The summed E-state index contributed by atoms with van der Waals surface area (Å²) in [6, 6.07) is 4.70. The van der Waals surface area contributed by atoms with Gasteiger partial charge in [0, 0.05) is 26.2 Å². The fourth-order valence-electron chi connectivity index (χ4n) is 3.42. The largest absolute Gasteiger partial charge is 0.465 e. The first-order valence-corrected chi connectivity index (χ1v) is 12.1. The fraction of sp³-hybridized carbons (Fsp3) is 0.409. The number of morpholine rings is 1. The summed E-state index contributed by atoms with van der Waals surface area (Å²) in [6.07, 6.45) is -0.185. The Morgan fingerprint density at radius 3 is 2.91 bits per heavy atom. The third-order valence-electron chi connectivity index (χ3n) is 5.31. The number of nitrogens with zero attached hydrogens (tertiary/aromatic N) is 2. The number of ether oxygens (including phenoxy) is 2. The molecule has 0 saturated carbocycles. The smallest absolute Gasteiger partial charge is 0.341 e. The monoisotopic (exact) mass is 530 g/mol. The SMILES string of the molecule is COC(=O)c1cc(F)c(SCC(=O)NCC2CN(Cc3ccc(Cl)c(Cl)c3C)CCO2)nc1N. The van der Waals surface area contributed by atoms with Gasteiger partial charge >= 0.3 is 5.97 Å². The fourth-order valence-corrected chi connectivity index (χ4v) is 4.54. The van der Waals surface area contributed by atoms with Crippen molar-refractivity contribution in [2.45, 2.75) is 24.6 Å². The Kier molecular flexibility index (Phi) is 9.38. The number of amides is 1. The molecule has 1 unspecified atom stereocenters. The number of benzene rings is 1. The van der Waals surface area contributed by atoms with Crippen molar-refractivity contribution in [2.75, 3.05) is 44.8 Å². The molecule has 3 N–H and O–H groups in total. The lowest BCUT2D eigenvalue weighted by molar-refractivity contribution is -0.119. The van der Waals surface area contributed by atoms with Crippen molar-refractivity contribution < 1.29 is 23.5 Å². The number of carbonyl (C=O) groups excluding carboxylic acids is 2. The zero-order valence-electron chi connectivity index (χ0n) is 18.7. The number of rotatable bonds is 8. The molecular weight excluding hydrogens is 506 g/mol. The standard InChI is InChI=1S/C22H25Cl2FN4O4S/c1-12-13(3-4-16(23)19(12)24)9-29-5-6-33-14(10-29)8-27-18(30)11-34-21-17(25)7-15(20(26)28-21)22(31)32-2/h3-4,7,14H,5-6,8-11H2,1-2H3,(H2,26,28)(H,27,30). The van der Waals surface area contributed by atoms with Crippen LogP contribution in [0.25, 0.3) is 0 Å². The zero-order valence-corrected chi connectivity index (χ0v) is 21.0. The molecular formula is C22H25Cl2FN4O4S. The highest BCUT2D eigenvalue weighted by atomic mass is 35.5. The number of thioether (sulfide) groups is 1. The van der Waals surface area contributed by atoms with Crippen molar-refractivity contribution >= 4 is 52.7 Å². The molecule has 1 aromatic heterocycles. The quantitative estimate of drug-likeness (QED) is 0.395. The Labute approximate surface area is 211 Å². The molecule has 0 spiro atoms. The molecule has 2 heterocycles. The van der Waals surface area contributed by atoms with Gasteiger partial charge in [0.25, 0.3) is 0 Å². The number of aromatic nitrogens is 1. The number of nitrogens with two attached hydrogens (primary N) is 1. The first-order chi connectivity index (χ1) is 16.2. The number of hydrogen-bond donors (Lipinski definition) is 2. The van der Waals surface area contributed by atoms with Gasteiger partial charge in [-0.15, -0.1) is 0 Å². The Morgan fingerprint density at radius 1 is 1.41 bits per heavy atom. The first-order valence-electron chi connectivity index (χ1n) is 10.4. The molecule has 0 radical (unpaired) electrons. The van der Waals surface area contributed by atoms with Gasteiger partial charge in [0.2, 0.25) is 5.91 Å². The molecule has 1 atom stereocenters. The number of anilines is 1. The van der Waals surface area contributed by atoms with Gasteiger partial charge in [-0.25, -0.2) is 14.2 Å². The molecule has 2 aromatic rings. The second-order valence-electron chi connectivity index (χ2n) is 7.67. The molecule has 1 saturated heterocycles. The molecule has 1 aromatic carbocycles. The maximum absolute atomic E-state index is 14.2. The molecule has 8 nitrogen and oxygen atoms in total. The van der Waals surface area contributed by atoms with E-state index in [2.05, 4.69) is 19.9 Å². The lowest BCUT2D eigenvalue weighted by Crippen LogP contribution is -2.47. The van der Waals surface area contributed by atoms with E-state index in [1.165, 1.54) is 0 Å². The number of nitrogens with one attached hydrogen (secondary N) is 1. The number of nitrogen functional groups attached to an aromatic ring is 1. The summed E-state index contributed by atoms with van der Waals surface area (Å²) in [7, 11) is 1.16. The van der Waals surface area contributed by atoms with Gasteiger partial charge in [-0.1, -0.05) is 41.0 Å². The maximum atomic E-state index is 14.2. The molecule has 0 bridgehead atoms. The van der Waals surface area contributed by atoms with Crippen LogP contribution in [0.2, 0.25) is 10.0 Å². The molecule has 1 aliphatic rings. The van der Waals surface area contributed by atoms with E-state index in [0.717, 1.165) is 42.6 Å². The number of carbonyl (C=O) groups is 2. The second-order valence-corrected chi connectivity index (χ2v) is 9.42. The molecule has 34 heavy (non-hydrogen) atoms. The molecule has 1 aliphatic heterocycles. The number of esters is 1. The summed E-state index contributed by atoms with van der Waals surface area (Å²) >= 11 is 13.2. The van der Waals surface area contributed by atoms with Crippen LogP contribution in [0.1, 0.15) is 21.5 Å². The van der Waals surface area contributed by atoms with Crippen LogP contribution in [0.4, 0.5) is 10.2 Å². The molecule has 3 rings (SSSR count). The van der Waals surface area contributed by atoms with Crippen molar-refractivity contribution in [3.63, 3.8) is 0 Å². The van der Waals surface area contributed by atoms with E-state index in [0.29, 0.717) is 36.3 Å². The van der Waals surface area contributed by atoms with Gasteiger partial charge < -0.3 is 20.5 Å². The number of hydrogen-bond acceptors (Lipinski definition) is 8. The third-order valence-corrected chi connectivity index (χ3v) is 7.18. The normalized spacial score (nSPS) is 16.3. The Balaban J connectivity index is 1.48. The highest BCUT2D eigenvalue weighted by Crippen LogP contribution is 2.29. The summed E-state index contributed by atoms with van der Waals surface area (Å²) in [5, 5.41) is 3.82. The molecule has 12 heteroatoms. The van der Waals surface area contributed by atoms with Gasteiger partial charge in [0.15, 0.2) is 5.82 Å². The highest BCUT2D eigenvalue weighted by Gasteiger charge is 2.23. The number of halogens is 3. The van der Waals surface area contributed by atoms with Crippen molar-refractivity contribution in [3.8, 4) is 0 Å². The van der Waals surface area contributed by atoms with Crippen LogP contribution in [0.15, 0.2) is 23.2 Å². The van der Waals surface area contributed by atoms with Gasteiger partial charge in [0.05, 0.1) is 35.6 Å². The van der Waals surface area contributed by atoms with Crippen molar-refractivity contribution in [2.24, 2.45) is 0 Å². The summed E-state index contributed by atoms with van der Waals surface area (Å²) in [5.74, 6) is -2.07. The topological polar surface area (TPSA) is 107 Å².